The van der Waals surface area contributed by atoms with E-state index < -0.39 is 0 Å². The minimum Gasteiger partial charge on any atom is -0.378 e. The molecule has 1 saturated heterocycles. The Bertz CT molecular complexity index is 1020. The van der Waals surface area contributed by atoms with Gasteiger partial charge in [0, 0.05) is 30.2 Å². The van der Waals surface area contributed by atoms with E-state index in [0.717, 1.165) is 29.9 Å². The fourth-order valence-electron chi connectivity index (χ4n) is 3.40. The van der Waals surface area contributed by atoms with Crippen LogP contribution in [0.4, 0.5) is 17.3 Å². The van der Waals surface area contributed by atoms with E-state index in [0.29, 0.717) is 30.2 Å². The van der Waals surface area contributed by atoms with E-state index in [2.05, 4.69) is 25.5 Å². The van der Waals surface area contributed by atoms with Crippen LogP contribution in [0.3, 0.4) is 0 Å². The molecule has 1 fully saturated rings. The number of morpholine rings is 1. The summed E-state index contributed by atoms with van der Waals surface area (Å²) < 4.78 is 7.00. The molecule has 142 valence electrons. The largest absolute Gasteiger partial charge is 0.378 e. The normalized spacial score (nSPS) is 14.9. The van der Waals surface area contributed by atoms with Gasteiger partial charge in [0.2, 0.25) is 0 Å². The molecule has 27 heavy (non-hydrogen) atoms. The Morgan fingerprint density at radius 3 is 2.70 bits per heavy atom. The molecule has 0 amide bonds. The highest BCUT2D eigenvalue weighted by molar-refractivity contribution is 6.00. The Hall–Kier alpha value is -2.87. The molecule has 0 radical (unpaired) electrons. The number of aromatic amines is 1. The van der Waals surface area contributed by atoms with Crippen molar-refractivity contribution < 1.29 is 4.74 Å². The Balaban J connectivity index is 1.92. The van der Waals surface area contributed by atoms with Crippen LogP contribution in [0, 0.1) is 6.92 Å². The number of hydrogen-bond donors (Lipinski definition) is 2. The summed E-state index contributed by atoms with van der Waals surface area (Å²) in [7, 11) is 0. The summed E-state index contributed by atoms with van der Waals surface area (Å²) in [5.41, 5.74) is 1.80. The number of rotatable bonds is 4. The van der Waals surface area contributed by atoms with E-state index in [9.17, 15) is 4.79 Å². The van der Waals surface area contributed by atoms with Crippen molar-refractivity contribution in [3.05, 3.63) is 40.3 Å². The molecule has 2 N–H and O–H groups in total. The average Bonchev–Trinajstić information content (AvgIpc) is 3.08. The minimum atomic E-state index is -0.0779. The van der Waals surface area contributed by atoms with Crippen molar-refractivity contribution >= 4 is 28.1 Å². The summed E-state index contributed by atoms with van der Waals surface area (Å²) in [6, 6.07) is 7.75. The number of anilines is 3. The van der Waals surface area contributed by atoms with Gasteiger partial charge < -0.3 is 15.0 Å². The Kier molecular flexibility index (Phi) is 4.57. The highest BCUT2D eigenvalue weighted by atomic mass is 16.5. The number of aryl methyl sites for hydroxylation is 1. The van der Waals surface area contributed by atoms with Crippen molar-refractivity contribution in [1.82, 2.24) is 20.0 Å². The lowest BCUT2D eigenvalue weighted by Gasteiger charge is -2.30. The minimum absolute atomic E-state index is 0.0545. The van der Waals surface area contributed by atoms with Crippen molar-refractivity contribution in [2.24, 2.45) is 0 Å². The van der Waals surface area contributed by atoms with E-state index >= 15 is 0 Å². The van der Waals surface area contributed by atoms with Crippen LogP contribution in [0.15, 0.2) is 29.1 Å². The molecule has 3 aromatic rings. The van der Waals surface area contributed by atoms with Crippen molar-refractivity contribution in [3.8, 4) is 0 Å². The summed E-state index contributed by atoms with van der Waals surface area (Å²) in [5.74, 6) is 1.30. The van der Waals surface area contributed by atoms with E-state index in [1.54, 1.807) is 0 Å². The highest BCUT2D eigenvalue weighted by Gasteiger charge is 2.20. The number of nitrogens with one attached hydrogen (secondary N) is 2. The number of aromatic nitrogens is 4. The van der Waals surface area contributed by atoms with Crippen LogP contribution in [0.1, 0.15) is 25.6 Å². The highest BCUT2D eigenvalue weighted by Crippen LogP contribution is 2.30. The van der Waals surface area contributed by atoms with Gasteiger partial charge >= 0.3 is 0 Å². The zero-order chi connectivity index (χ0) is 19.0. The summed E-state index contributed by atoms with van der Waals surface area (Å²) in [5, 5.41) is 16.5. The van der Waals surface area contributed by atoms with Crippen LogP contribution in [0.2, 0.25) is 0 Å². The molecule has 1 aliphatic rings. The number of ether oxygens (including phenoxy) is 1. The first-order valence-electron chi connectivity index (χ1n) is 9.22. The van der Waals surface area contributed by atoms with Gasteiger partial charge in [0.1, 0.15) is 0 Å². The van der Waals surface area contributed by atoms with Gasteiger partial charge in [-0.05, 0) is 26.8 Å². The first-order valence-corrected chi connectivity index (χ1v) is 9.22. The van der Waals surface area contributed by atoms with Crippen molar-refractivity contribution in [3.63, 3.8) is 0 Å². The first-order chi connectivity index (χ1) is 13.0. The van der Waals surface area contributed by atoms with Crippen molar-refractivity contribution in [2.45, 2.75) is 26.8 Å². The molecule has 0 bridgehead atoms. The number of nitrogens with zero attached hydrogens (tertiary/aromatic N) is 4. The topological polar surface area (TPSA) is 88.1 Å². The third kappa shape index (κ3) is 3.28. The average molecular weight is 368 g/mol. The second kappa shape index (κ2) is 7.03. The molecule has 3 heterocycles. The van der Waals surface area contributed by atoms with Gasteiger partial charge in [-0.15, -0.1) is 0 Å². The van der Waals surface area contributed by atoms with Crippen molar-refractivity contribution in [1.29, 1.82) is 0 Å². The molecule has 0 spiro atoms. The van der Waals surface area contributed by atoms with Gasteiger partial charge in [-0.1, -0.05) is 12.1 Å². The number of fused-ring (bicyclic) bond motifs is 1. The standard InChI is InChI=1S/C19H24N6O2/c1-12(2)25-19(26)17-14(18(23-25)20-16-11-13(3)21-22-16)5-4-6-15(17)24-7-9-27-10-8-24/h4-6,11-12H,7-10H2,1-3H3,(H2,20,21,22,23). The smallest absolute Gasteiger partial charge is 0.277 e. The Labute approximate surface area is 157 Å². The van der Waals surface area contributed by atoms with Crippen LogP contribution in [0.5, 0.6) is 0 Å². The number of hydrogen-bond acceptors (Lipinski definition) is 6. The maximum absolute atomic E-state index is 13.2. The summed E-state index contributed by atoms with van der Waals surface area (Å²) in [6.45, 7) is 8.72. The maximum atomic E-state index is 13.2. The van der Waals surface area contributed by atoms with Gasteiger partial charge in [0.15, 0.2) is 11.6 Å². The van der Waals surface area contributed by atoms with Gasteiger partial charge in [0.25, 0.3) is 5.56 Å². The predicted molar refractivity (Wildman–Crippen MR) is 106 cm³/mol. The molecule has 2 aromatic heterocycles. The van der Waals surface area contributed by atoms with Crippen LogP contribution in [-0.4, -0.2) is 46.3 Å². The fraction of sp³-hybridized carbons (Fsp3) is 0.421. The monoisotopic (exact) mass is 368 g/mol. The molecule has 0 unspecified atom stereocenters. The molecule has 0 saturated carbocycles. The van der Waals surface area contributed by atoms with Crippen LogP contribution in [0.25, 0.3) is 10.8 Å². The number of H-pyrrole nitrogens is 1. The third-order valence-corrected chi connectivity index (χ3v) is 4.72. The summed E-state index contributed by atoms with van der Waals surface area (Å²) in [4.78, 5) is 15.4. The maximum Gasteiger partial charge on any atom is 0.277 e. The summed E-state index contributed by atoms with van der Waals surface area (Å²) >= 11 is 0. The Morgan fingerprint density at radius 2 is 2.04 bits per heavy atom. The number of benzene rings is 1. The Morgan fingerprint density at radius 1 is 1.26 bits per heavy atom. The molecule has 0 aliphatic carbocycles. The third-order valence-electron chi connectivity index (χ3n) is 4.72. The molecular weight excluding hydrogens is 344 g/mol. The van der Waals surface area contributed by atoms with Crippen LogP contribution >= 0.6 is 0 Å². The van der Waals surface area contributed by atoms with Gasteiger partial charge in [0.05, 0.1) is 30.3 Å². The lowest BCUT2D eigenvalue weighted by atomic mass is 10.1. The van der Waals surface area contributed by atoms with Crippen LogP contribution in [-0.2, 0) is 4.74 Å². The lowest BCUT2D eigenvalue weighted by Crippen LogP contribution is -2.37. The van der Waals surface area contributed by atoms with E-state index in [1.165, 1.54) is 4.68 Å². The predicted octanol–water partition coefficient (Wildman–Crippen LogP) is 2.59. The molecule has 8 nitrogen and oxygen atoms in total. The molecule has 1 aliphatic heterocycles. The summed E-state index contributed by atoms with van der Waals surface area (Å²) in [6.07, 6.45) is 0. The zero-order valence-electron chi connectivity index (χ0n) is 15.8. The second-order valence-electron chi connectivity index (χ2n) is 7.05. The van der Waals surface area contributed by atoms with Gasteiger partial charge in [-0.25, -0.2) is 4.68 Å². The quantitative estimate of drug-likeness (QED) is 0.736. The van der Waals surface area contributed by atoms with Gasteiger partial charge in [-0.3, -0.25) is 9.89 Å². The fourth-order valence-corrected chi connectivity index (χ4v) is 3.40. The van der Waals surface area contributed by atoms with Crippen molar-refractivity contribution in [2.75, 3.05) is 36.5 Å². The molecule has 8 heteroatoms. The van der Waals surface area contributed by atoms with E-state index in [-0.39, 0.29) is 11.6 Å². The van der Waals surface area contributed by atoms with Gasteiger partial charge in [-0.2, -0.15) is 10.2 Å². The van der Waals surface area contributed by atoms with E-state index in [4.69, 9.17) is 4.74 Å². The first kappa shape index (κ1) is 17.5. The van der Waals surface area contributed by atoms with Crippen LogP contribution < -0.4 is 15.8 Å². The lowest BCUT2D eigenvalue weighted by molar-refractivity contribution is 0.123. The second-order valence-corrected chi connectivity index (χ2v) is 7.05. The van der Waals surface area contributed by atoms with E-state index in [1.807, 2.05) is 45.0 Å². The molecule has 0 atom stereocenters. The SMILES string of the molecule is Cc1cc(Nc2nn(C(C)C)c(=O)c3c(N4CCOCC4)cccc23)n[nH]1. The molecule has 1 aromatic carbocycles. The molecular formula is C19H24N6O2. The zero-order valence-corrected chi connectivity index (χ0v) is 15.8. The molecule has 4 rings (SSSR count).